The van der Waals surface area contributed by atoms with E-state index in [-0.39, 0.29) is 23.3 Å². The summed E-state index contributed by atoms with van der Waals surface area (Å²) in [6.45, 7) is 1.62. The van der Waals surface area contributed by atoms with Crippen LogP contribution in [-0.4, -0.2) is 10.9 Å². The summed E-state index contributed by atoms with van der Waals surface area (Å²) < 4.78 is 12.6. The SMILES string of the molecule is CC/C(O)=C(\C#N)C(=O)c1csc(F)c1. The highest BCUT2D eigenvalue weighted by Crippen LogP contribution is 2.18. The Labute approximate surface area is 90.1 Å². The second-order valence-corrected chi connectivity index (χ2v) is 3.62. The summed E-state index contributed by atoms with van der Waals surface area (Å²) in [7, 11) is 0. The monoisotopic (exact) mass is 225 g/mol. The molecule has 0 aliphatic heterocycles. The van der Waals surface area contributed by atoms with Crippen LogP contribution in [0.15, 0.2) is 22.8 Å². The summed E-state index contributed by atoms with van der Waals surface area (Å²) in [5, 5.41) is 18.8. The number of halogens is 1. The lowest BCUT2D eigenvalue weighted by Crippen LogP contribution is -2.03. The number of thiophene rings is 1. The predicted octanol–water partition coefficient (Wildman–Crippen LogP) is 2.82. The van der Waals surface area contributed by atoms with Crippen LogP contribution in [0, 0.1) is 16.5 Å². The molecule has 0 fully saturated rings. The molecule has 15 heavy (non-hydrogen) atoms. The minimum atomic E-state index is -0.642. The molecule has 0 saturated heterocycles. The molecule has 78 valence electrons. The number of carbonyl (C=O) groups excluding carboxylic acids is 1. The van der Waals surface area contributed by atoms with Crippen molar-refractivity contribution in [2.75, 3.05) is 0 Å². The lowest BCUT2D eigenvalue weighted by Gasteiger charge is -1.98. The largest absolute Gasteiger partial charge is 0.511 e. The van der Waals surface area contributed by atoms with Gasteiger partial charge in [-0.25, -0.2) is 0 Å². The molecule has 0 spiro atoms. The van der Waals surface area contributed by atoms with E-state index in [0.29, 0.717) is 0 Å². The van der Waals surface area contributed by atoms with E-state index >= 15 is 0 Å². The van der Waals surface area contributed by atoms with Gasteiger partial charge in [0.1, 0.15) is 17.4 Å². The Morgan fingerprint density at radius 3 is 2.80 bits per heavy atom. The van der Waals surface area contributed by atoms with Crippen LogP contribution in [0.25, 0.3) is 0 Å². The quantitative estimate of drug-likeness (QED) is 0.372. The number of nitriles is 1. The van der Waals surface area contributed by atoms with Crippen LogP contribution in [0.1, 0.15) is 23.7 Å². The maximum absolute atomic E-state index is 12.6. The highest BCUT2D eigenvalue weighted by molar-refractivity contribution is 7.08. The van der Waals surface area contributed by atoms with Crippen molar-refractivity contribution in [2.45, 2.75) is 13.3 Å². The maximum Gasteiger partial charge on any atom is 0.207 e. The predicted molar refractivity (Wildman–Crippen MR) is 54.2 cm³/mol. The summed E-state index contributed by atoms with van der Waals surface area (Å²) in [4.78, 5) is 11.6. The molecule has 1 aromatic heterocycles. The minimum Gasteiger partial charge on any atom is -0.511 e. The van der Waals surface area contributed by atoms with Gasteiger partial charge in [-0.05, 0) is 6.07 Å². The van der Waals surface area contributed by atoms with Crippen molar-refractivity contribution in [1.29, 1.82) is 5.26 Å². The van der Waals surface area contributed by atoms with E-state index in [0.717, 1.165) is 17.4 Å². The minimum absolute atomic E-state index is 0.0917. The fourth-order valence-electron chi connectivity index (χ4n) is 0.997. The van der Waals surface area contributed by atoms with Crippen LogP contribution >= 0.6 is 11.3 Å². The topological polar surface area (TPSA) is 61.1 Å². The summed E-state index contributed by atoms with van der Waals surface area (Å²) in [5.41, 5.74) is -0.232. The molecule has 1 rings (SSSR count). The number of rotatable bonds is 3. The van der Waals surface area contributed by atoms with E-state index in [9.17, 15) is 14.3 Å². The van der Waals surface area contributed by atoms with E-state index < -0.39 is 10.9 Å². The molecule has 0 aliphatic carbocycles. The van der Waals surface area contributed by atoms with Crippen LogP contribution in [-0.2, 0) is 0 Å². The van der Waals surface area contributed by atoms with Gasteiger partial charge < -0.3 is 5.11 Å². The third-order valence-corrected chi connectivity index (χ3v) is 2.51. The summed E-state index contributed by atoms with van der Waals surface area (Å²) in [6, 6.07) is 2.67. The third-order valence-electron chi connectivity index (χ3n) is 1.79. The Balaban J connectivity index is 3.10. The van der Waals surface area contributed by atoms with Gasteiger partial charge in [-0.2, -0.15) is 9.65 Å². The highest BCUT2D eigenvalue weighted by atomic mass is 32.1. The fraction of sp³-hybridized carbons (Fsp3) is 0.200. The molecule has 1 heterocycles. The second kappa shape index (κ2) is 4.71. The zero-order valence-corrected chi connectivity index (χ0v) is 8.77. The number of Topliss-reactive ketones (excluding diaryl/α,β-unsaturated/α-hetero) is 1. The average molecular weight is 225 g/mol. The van der Waals surface area contributed by atoms with Crippen LogP contribution in [0.2, 0.25) is 0 Å². The Kier molecular flexibility index (Phi) is 3.58. The zero-order chi connectivity index (χ0) is 11.4. The highest BCUT2D eigenvalue weighted by Gasteiger charge is 2.17. The molecule has 0 radical (unpaired) electrons. The van der Waals surface area contributed by atoms with Crippen molar-refractivity contribution in [3.05, 3.63) is 33.5 Å². The number of aliphatic hydroxyl groups excluding tert-OH is 1. The van der Waals surface area contributed by atoms with Crippen molar-refractivity contribution in [2.24, 2.45) is 0 Å². The molecule has 5 heteroatoms. The van der Waals surface area contributed by atoms with Gasteiger partial charge in [0, 0.05) is 17.4 Å². The molecule has 1 aromatic rings. The summed E-state index contributed by atoms with van der Waals surface area (Å²) in [6.07, 6.45) is 0.196. The van der Waals surface area contributed by atoms with E-state index in [1.807, 2.05) is 0 Å². The lowest BCUT2D eigenvalue weighted by atomic mass is 10.1. The Bertz CT molecular complexity index is 456. The third kappa shape index (κ3) is 2.42. The number of ketones is 1. The molecular formula is C10H8FNO2S. The molecule has 0 amide bonds. The molecule has 0 bridgehead atoms. The number of nitrogens with zero attached hydrogens (tertiary/aromatic N) is 1. The van der Waals surface area contributed by atoms with Gasteiger partial charge in [0.2, 0.25) is 5.78 Å². The first kappa shape index (κ1) is 11.4. The molecule has 0 aromatic carbocycles. The Morgan fingerprint density at radius 2 is 2.40 bits per heavy atom. The number of carbonyl (C=O) groups is 1. The first-order chi connectivity index (χ1) is 7.10. The van der Waals surface area contributed by atoms with Crippen LogP contribution < -0.4 is 0 Å². The Hall–Kier alpha value is -1.67. The average Bonchev–Trinajstić information content (AvgIpc) is 2.65. The van der Waals surface area contributed by atoms with Crippen molar-refractivity contribution >= 4 is 17.1 Å². The van der Waals surface area contributed by atoms with Gasteiger partial charge in [0.15, 0.2) is 5.13 Å². The van der Waals surface area contributed by atoms with E-state index in [2.05, 4.69) is 0 Å². The van der Waals surface area contributed by atoms with Gasteiger partial charge in [-0.1, -0.05) is 6.92 Å². The van der Waals surface area contributed by atoms with Crippen molar-refractivity contribution < 1.29 is 14.3 Å². The second-order valence-electron chi connectivity index (χ2n) is 2.76. The van der Waals surface area contributed by atoms with Gasteiger partial charge >= 0.3 is 0 Å². The van der Waals surface area contributed by atoms with Crippen molar-refractivity contribution in [3.8, 4) is 6.07 Å². The number of aliphatic hydroxyl groups is 1. The normalized spacial score (nSPS) is 11.8. The van der Waals surface area contributed by atoms with Gasteiger partial charge in [0.25, 0.3) is 0 Å². The molecule has 0 aliphatic rings. The van der Waals surface area contributed by atoms with Gasteiger partial charge in [0.05, 0.1) is 0 Å². The maximum atomic E-state index is 12.6. The van der Waals surface area contributed by atoms with Crippen LogP contribution in [0.5, 0.6) is 0 Å². The van der Waals surface area contributed by atoms with Crippen molar-refractivity contribution in [3.63, 3.8) is 0 Å². The smallest absolute Gasteiger partial charge is 0.207 e. The molecule has 3 nitrogen and oxygen atoms in total. The molecular weight excluding hydrogens is 217 g/mol. The van der Waals surface area contributed by atoms with Crippen LogP contribution in [0.4, 0.5) is 4.39 Å². The molecule has 0 atom stereocenters. The van der Waals surface area contributed by atoms with Gasteiger partial charge in [-0.3, -0.25) is 4.79 Å². The molecule has 1 N–H and O–H groups in total. The Morgan fingerprint density at radius 1 is 1.73 bits per heavy atom. The summed E-state index contributed by atoms with van der Waals surface area (Å²) >= 11 is 0.779. The summed E-state index contributed by atoms with van der Waals surface area (Å²) in [5.74, 6) is -0.911. The standard InChI is InChI=1S/C10H8FNO2S/c1-2-8(13)7(4-12)10(14)6-3-9(11)15-5-6/h3,5,13H,2H2,1H3/b8-7-. The van der Waals surface area contributed by atoms with E-state index in [4.69, 9.17) is 5.26 Å². The van der Waals surface area contributed by atoms with Crippen molar-refractivity contribution in [1.82, 2.24) is 0 Å². The fourth-order valence-corrected chi connectivity index (χ4v) is 1.61. The number of allylic oxidation sites excluding steroid dienone is 2. The first-order valence-corrected chi connectivity index (χ1v) is 5.09. The lowest BCUT2D eigenvalue weighted by molar-refractivity contribution is 0.103. The van der Waals surface area contributed by atoms with E-state index in [1.54, 1.807) is 13.0 Å². The van der Waals surface area contributed by atoms with E-state index in [1.165, 1.54) is 5.38 Å². The number of hydrogen-bond acceptors (Lipinski definition) is 4. The molecule has 0 unspecified atom stereocenters. The number of hydrogen-bond donors (Lipinski definition) is 1. The first-order valence-electron chi connectivity index (χ1n) is 4.21. The zero-order valence-electron chi connectivity index (χ0n) is 7.95. The van der Waals surface area contributed by atoms with Gasteiger partial charge in [-0.15, -0.1) is 11.3 Å². The molecule has 0 saturated carbocycles. The van der Waals surface area contributed by atoms with Crippen LogP contribution in [0.3, 0.4) is 0 Å².